The van der Waals surface area contributed by atoms with Crippen LogP contribution in [0.25, 0.3) is 12.2 Å². The predicted octanol–water partition coefficient (Wildman–Crippen LogP) is -2.75. The number of hydrogen-bond donors (Lipinski definition) is 2. The standard InChI is InChI=1S/C14H14N2.2Na.2H/c15-13-7-3-11(4-8-13)1-2-12-5-9-14(16)10-6-12;;;;/h1-10H,15-16H2;;;;/q;2*+1;2*-1/b2-1+;;;;. The van der Waals surface area contributed by atoms with E-state index in [-0.39, 0.29) is 62.0 Å². The Morgan fingerprint density at radius 2 is 0.889 bits per heavy atom. The number of nitrogens with two attached hydrogens (primary N) is 2. The van der Waals surface area contributed by atoms with E-state index >= 15 is 0 Å². The molecule has 0 amide bonds. The first-order valence-corrected chi connectivity index (χ1v) is 5.13. The Morgan fingerprint density at radius 3 is 1.17 bits per heavy atom. The topological polar surface area (TPSA) is 52.0 Å². The van der Waals surface area contributed by atoms with Gasteiger partial charge in [0.05, 0.1) is 0 Å². The molecule has 2 aromatic rings. The molecule has 2 nitrogen and oxygen atoms in total. The van der Waals surface area contributed by atoms with Crippen molar-refractivity contribution in [3.63, 3.8) is 0 Å². The fourth-order valence-corrected chi connectivity index (χ4v) is 1.41. The van der Waals surface area contributed by atoms with Gasteiger partial charge in [-0.05, 0) is 35.4 Å². The average molecular weight is 258 g/mol. The maximum atomic E-state index is 5.61. The van der Waals surface area contributed by atoms with Crippen LogP contribution >= 0.6 is 0 Å². The SMILES string of the molecule is Nc1ccc(/C=C/c2ccc(N)cc2)cc1.[H-].[H-].[Na+].[Na+]. The monoisotopic (exact) mass is 258 g/mol. The molecule has 2 rings (SSSR count). The molecule has 0 atom stereocenters. The van der Waals surface area contributed by atoms with Crippen molar-refractivity contribution < 1.29 is 62.0 Å². The first-order valence-electron chi connectivity index (χ1n) is 5.13. The molecule has 0 heterocycles. The van der Waals surface area contributed by atoms with Crippen LogP contribution in [0.2, 0.25) is 0 Å². The summed E-state index contributed by atoms with van der Waals surface area (Å²) in [6.07, 6.45) is 4.09. The molecule has 0 radical (unpaired) electrons. The van der Waals surface area contributed by atoms with E-state index in [1.165, 1.54) is 0 Å². The molecule has 0 aliphatic rings. The first-order chi connectivity index (χ1) is 7.74. The molecule has 0 aliphatic heterocycles. The van der Waals surface area contributed by atoms with E-state index in [1.807, 2.05) is 60.7 Å². The molecule has 0 saturated heterocycles. The van der Waals surface area contributed by atoms with E-state index in [9.17, 15) is 0 Å². The van der Waals surface area contributed by atoms with E-state index in [1.54, 1.807) is 0 Å². The predicted molar refractivity (Wildman–Crippen MR) is 72.9 cm³/mol. The van der Waals surface area contributed by atoms with Crippen molar-refractivity contribution in [1.82, 2.24) is 0 Å². The van der Waals surface area contributed by atoms with Gasteiger partial charge in [-0.25, -0.2) is 0 Å². The molecule has 0 fully saturated rings. The second-order valence-electron chi connectivity index (χ2n) is 3.67. The second kappa shape index (κ2) is 8.81. The Morgan fingerprint density at radius 1 is 0.611 bits per heavy atom. The van der Waals surface area contributed by atoms with E-state index < -0.39 is 0 Å². The summed E-state index contributed by atoms with van der Waals surface area (Å²) < 4.78 is 0. The maximum Gasteiger partial charge on any atom is 1.00 e. The van der Waals surface area contributed by atoms with Crippen molar-refractivity contribution in [3.8, 4) is 0 Å². The van der Waals surface area contributed by atoms with Gasteiger partial charge in [0.2, 0.25) is 0 Å². The third-order valence-corrected chi connectivity index (χ3v) is 2.34. The van der Waals surface area contributed by atoms with Crippen molar-refractivity contribution in [3.05, 3.63) is 59.7 Å². The van der Waals surface area contributed by atoms with Crippen LogP contribution in [-0.4, -0.2) is 0 Å². The molecule has 0 aromatic heterocycles. The van der Waals surface area contributed by atoms with Gasteiger partial charge in [-0.15, -0.1) is 0 Å². The minimum atomic E-state index is 0. The summed E-state index contributed by atoms with van der Waals surface area (Å²) in [5.74, 6) is 0. The largest absolute Gasteiger partial charge is 1.00 e. The summed E-state index contributed by atoms with van der Waals surface area (Å²) in [5.41, 5.74) is 15.1. The van der Waals surface area contributed by atoms with Crippen LogP contribution in [0.5, 0.6) is 0 Å². The quantitative estimate of drug-likeness (QED) is 0.349. The summed E-state index contributed by atoms with van der Waals surface area (Å²) in [4.78, 5) is 0. The number of benzene rings is 2. The van der Waals surface area contributed by atoms with Crippen LogP contribution < -0.4 is 70.6 Å². The van der Waals surface area contributed by atoms with Crippen LogP contribution in [0.1, 0.15) is 14.0 Å². The van der Waals surface area contributed by atoms with Crippen LogP contribution in [0.3, 0.4) is 0 Å². The Kier molecular flexibility index (Phi) is 8.70. The van der Waals surface area contributed by atoms with Crippen LogP contribution in [0, 0.1) is 0 Å². The van der Waals surface area contributed by atoms with Crippen molar-refractivity contribution in [2.45, 2.75) is 0 Å². The molecule has 4 N–H and O–H groups in total. The Balaban J connectivity index is -0.000000722. The molecule has 0 spiro atoms. The third-order valence-electron chi connectivity index (χ3n) is 2.34. The van der Waals surface area contributed by atoms with Gasteiger partial charge in [0.25, 0.3) is 0 Å². The van der Waals surface area contributed by atoms with Gasteiger partial charge < -0.3 is 14.3 Å². The summed E-state index contributed by atoms with van der Waals surface area (Å²) in [7, 11) is 0. The molecule has 0 aliphatic carbocycles. The van der Waals surface area contributed by atoms with E-state index in [0.717, 1.165) is 22.5 Å². The molecule has 0 bridgehead atoms. The van der Waals surface area contributed by atoms with E-state index in [4.69, 9.17) is 11.5 Å². The minimum Gasteiger partial charge on any atom is -1.00 e. The van der Waals surface area contributed by atoms with Crippen LogP contribution in [0.15, 0.2) is 48.5 Å². The smallest absolute Gasteiger partial charge is 1.00 e. The Labute approximate surface area is 155 Å². The zero-order chi connectivity index (χ0) is 11.4. The van der Waals surface area contributed by atoms with E-state index in [2.05, 4.69) is 0 Å². The number of anilines is 2. The van der Waals surface area contributed by atoms with Crippen molar-refractivity contribution in [1.29, 1.82) is 0 Å². The van der Waals surface area contributed by atoms with Gasteiger partial charge in [0.1, 0.15) is 0 Å². The third kappa shape index (κ3) is 5.61. The summed E-state index contributed by atoms with van der Waals surface area (Å²) in [5, 5.41) is 0. The second-order valence-corrected chi connectivity index (χ2v) is 3.67. The summed E-state index contributed by atoms with van der Waals surface area (Å²) in [6.45, 7) is 0. The first kappa shape index (κ1) is 17.8. The van der Waals surface area contributed by atoms with Gasteiger partial charge in [0, 0.05) is 11.4 Å². The fourth-order valence-electron chi connectivity index (χ4n) is 1.41. The Hall–Kier alpha value is -0.220. The molecule has 0 saturated carbocycles. The molecule has 2 aromatic carbocycles. The molecular formula is C14H16N2Na2. The van der Waals surface area contributed by atoms with Crippen molar-refractivity contribution in [2.75, 3.05) is 11.5 Å². The fraction of sp³-hybridized carbons (Fsp3) is 0. The number of hydrogen-bond acceptors (Lipinski definition) is 2. The van der Waals surface area contributed by atoms with Gasteiger partial charge in [-0.2, -0.15) is 0 Å². The van der Waals surface area contributed by atoms with Gasteiger partial charge in [-0.3, -0.25) is 0 Å². The molecule has 84 valence electrons. The van der Waals surface area contributed by atoms with Crippen LogP contribution in [0.4, 0.5) is 11.4 Å². The molecular weight excluding hydrogens is 242 g/mol. The van der Waals surface area contributed by atoms with Crippen molar-refractivity contribution >= 4 is 23.5 Å². The van der Waals surface area contributed by atoms with Gasteiger partial charge in [-0.1, -0.05) is 36.4 Å². The molecule has 0 unspecified atom stereocenters. The molecule has 18 heavy (non-hydrogen) atoms. The van der Waals surface area contributed by atoms with Gasteiger partial charge >= 0.3 is 59.1 Å². The summed E-state index contributed by atoms with van der Waals surface area (Å²) >= 11 is 0. The Bertz CT molecular complexity index is 452. The summed E-state index contributed by atoms with van der Waals surface area (Å²) in [6, 6.07) is 15.5. The maximum absolute atomic E-state index is 5.61. The van der Waals surface area contributed by atoms with Crippen LogP contribution in [-0.2, 0) is 0 Å². The average Bonchev–Trinajstić information content (AvgIpc) is 2.30. The minimum absolute atomic E-state index is 0. The van der Waals surface area contributed by atoms with Crippen molar-refractivity contribution in [2.24, 2.45) is 0 Å². The van der Waals surface area contributed by atoms with E-state index in [0.29, 0.717) is 0 Å². The zero-order valence-electron chi connectivity index (χ0n) is 12.9. The zero-order valence-corrected chi connectivity index (χ0v) is 14.9. The number of rotatable bonds is 2. The number of nitrogen functional groups attached to an aromatic ring is 2. The van der Waals surface area contributed by atoms with Gasteiger partial charge in [0.15, 0.2) is 0 Å². The molecule has 4 heteroatoms. The normalized spacial score (nSPS) is 9.56.